The first-order valence-electron chi connectivity index (χ1n) is 5.29. The number of hydrogen-bond acceptors (Lipinski definition) is 3. The SMILES string of the molecule is C=CCCCNCc1ccc([N+](=O)[O-])cc1. The van der Waals surface area contributed by atoms with Crippen LogP contribution in [0.1, 0.15) is 18.4 Å². The topological polar surface area (TPSA) is 55.2 Å². The van der Waals surface area contributed by atoms with Gasteiger partial charge in [-0.15, -0.1) is 6.58 Å². The molecule has 0 unspecified atom stereocenters. The molecule has 16 heavy (non-hydrogen) atoms. The van der Waals surface area contributed by atoms with Crippen molar-refractivity contribution >= 4 is 5.69 Å². The van der Waals surface area contributed by atoms with Gasteiger partial charge in [0.05, 0.1) is 4.92 Å². The molecule has 0 aliphatic carbocycles. The summed E-state index contributed by atoms with van der Waals surface area (Å²) >= 11 is 0. The van der Waals surface area contributed by atoms with Gasteiger partial charge in [0, 0.05) is 18.7 Å². The molecule has 0 aliphatic rings. The Bertz CT molecular complexity index is 347. The van der Waals surface area contributed by atoms with Crippen LogP contribution in [0.5, 0.6) is 0 Å². The van der Waals surface area contributed by atoms with Crippen molar-refractivity contribution in [3.8, 4) is 0 Å². The van der Waals surface area contributed by atoms with Gasteiger partial charge < -0.3 is 5.32 Å². The first kappa shape index (κ1) is 12.4. The molecule has 4 heteroatoms. The summed E-state index contributed by atoms with van der Waals surface area (Å²) in [5.41, 5.74) is 1.19. The molecule has 0 saturated heterocycles. The zero-order valence-corrected chi connectivity index (χ0v) is 9.19. The number of allylic oxidation sites excluding steroid dienone is 1. The van der Waals surface area contributed by atoms with Gasteiger partial charge in [-0.25, -0.2) is 0 Å². The Morgan fingerprint density at radius 1 is 1.38 bits per heavy atom. The van der Waals surface area contributed by atoms with Gasteiger partial charge in [-0.2, -0.15) is 0 Å². The van der Waals surface area contributed by atoms with Gasteiger partial charge >= 0.3 is 0 Å². The minimum Gasteiger partial charge on any atom is -0.313 e. The van der Waals surface area contributed by atoms with Gasteiger partial charge in [-0.3, -0.25) is 10.1 Å². The number of rotatable bonds is 7. The molecular weight excluding hydrogens is 204 g/mol. The Balaban J connectivity index is 2.32. The van der Waals surface area contributed by atoms with Crippen molar-refractivity contribution in [2.45, 2.75) is 19.4 Å². The monoisotopic (exact) mass is 220 g/mol. The molecule has 0 aliphatic heterocycles. The number of benzene rings is 1. The number of non-ortho nitro benzene ring substituents is 1. The van der Waals surface area contributed by atoms with E-state index in [4.69, 9.17) is 0 Å². The van der Waals surface area contributed by atoms with Crippen LogP contribution < -0.4 is 5.32 Å². The van der Waals surface area contributed by atoms with Crippen LogP contribution in [0.2, 0.25) is 0 Å². The third kappa shape index (κ3) is 4.23. The molecule has 0 radical (unpaired) electrons. The highest BCUT2D eigenvalue weighted by molar-refractivity contribution is 5.32. The zero-order chi connectivity index (χ0) is 11.8. The summed E-state index contributed by atoms with van der Waals surface area (Å²) in [5, 5.41) is 13.7. The maximum atomic E-state index is 10.4. The Hall–Kier alpha value is -1.68. The normalized spacial score (nSPS) is 10.0. The average molecular weight is 220 g/mol. The maximum Gasteiger partial charge on any atom is 0.269 e. The summed E-state index contributed by atoms with van der Waals surface area (Å²) in [4.78, 5) is 10.0. The third-order valence-electron chi connectivity index (χ3n) is 2.24. The number of nitrogens with zero attached hydrogens (tertiary/aromatic N) is 1. The predicted molar refractivity (Wildman–Crippen MR) is 64.2 cm³/mol. The van der Waals surface area contributed by atoms with Gasteiger partial charge in [0.2, 0.25) is 0 Å². The molecule has 1 aromatic carbocycles. The molecule has 0 spiro atoms. The van der Waals surface area contributed by atoms with Crippen molar-refractivity contribution in [3.63, 3.8) is 0 Å². The Labute approximate surface area is 95.1 Å². The molecule has 1 N–H and O–H groups in total. The molecule has 0 amide bonds. The van der Waals surface area contributed by atoms with Crippen molar-refractivity contribution in [2.24, 2.45) is 0 Å². The Morgan fingerprint density at radius 3 is 2.62 bits per heavy atom. The average Bonchev–Trinajstić information content (AvgIpc) is 2.29. The summed E-state index contributed by atoms with van der Waals surface area (Å²) in [5.74, 6) is 0. The summed E-state index contributed by atoms with van der Waals surface area (Å²) < 4.78 is 0. The number of unbranched alkanes of at least 4 members (excludes halogenated alkanes) is 1. The number of nitro groups is 1. The molecule has 86 valence electrons. The third-order valence-corrected chi connectivity index (χ3v) is 2.24. The first-order valence-corrected chi connectivity index (χ1v) is 5.29. The van der Waals surface area contributed by atoms with Gasteiger partial charge in [0.25, 0.3) is 5.69 Å². The molecule has 0 heterocycles. The van der Waals surface area contributed by atoms with E-state index in [0.29, 0.717) is 0 Å². The predicted octanol–water partition coefficient (Wildman–Crippen LogP) is 2.65. The minimum absolute atomic E-state index is 0.135. The zero-order valence-electron chi connectivity index (χ0n) is 9.19. The number of nitro benzene ring substituents is 1. The van der Waals surface area contributed by atoms with E-state index in [1.165, 1.54) is 12.1 Å². The number of nitrogens with one attached hydrogen (secondary N) is 1. The molecule has 1 rings (SSSR count). The van der Waals surface area contributed by atoms with E-state index in [9.17, 15) is 10.1 Å². The number of hydrogen-bond donors (Lipinski definition) is 1. The lowest BCUT2D eigenvalue weighted by Gasteiger charge is -2.03. The van der Waals surface area contributed by atoms with Gasteiger partial charge in [-0.05, 0) is 24.9 Å². The fourth-order valence-corrected chi connectivity index (χ4v) is 1.34. The summed E-state index contributed by atoms with van der Waals surface area (Å²) in [6.07, 6.45) is 3.97. The highest BCUT2D eigenvalue weighted by Gasteiger charge is 2.02. The quantitative estimate of drug-likeness (QED) is 0.332. The lowest BCUT2D eigenvalue weighted by atomic mass is 10.2. The first-order chi connectivity index (χ1) is 7.74. The summed E-state index contributed by atoms with van der Waals surface area (Å²) in [7, 11) is 0. The van der Waals surface area contributed by atoms with E-state index in [2.05, 4.69) is 11.9 Å². The lowest BCUT2D eigenvalue weighted by molar-refractivity contribution is -0.384. The van der Waals surface area contributed by atoms with Crippen LogP contribution in [-0.4, -0.2) is 11.5 Å². The second kappa shape index (κ2) is 6.74. The van der Waals surface area contributed by atoms with E-state index in [-0.39, 0.29) is 10.6 Å². The van der Waals surface area contributed by atoms with Crippen LogP contribution in [0.25, 0.3) is 0 Å². The van der Waals surface area contributed by atoms with Crippen LogP contribution in [0.15, 0.2) is 36.9 Å². The van der Waals surface area contributed by atoms with Crippen LogP contribution in [-0.2, 0) is 6.54 Å². The highest BCUT2D eigenvalue weighted by Crippen LogP contribution is 2.11. The summed E-state index contributed by atoms with van der Waals surface area (Å²) in [6, 6.07) is 6.61. The van der Waals surface area contributed by atoms with Crippen molar-refractivity contribution in [1.29, 1.82) is 0 Å². The van der Waals surface area contributed by atoms with E-state index in [0.717, 1.165) is 31.5 Å². The van der Waals surface area contributed by atoms with E-state index in [1.54, 1.807) is 12.1 Å². The standard InChI is InChI=1S/C12H16N2O2/c1-2-3-4-9-13-10-11-5-7-12(8-6-11)14(15)16/h2,5-8,13H,1,3-4,9-10H2. The van der Waals surface area contributed by atoms with Crippen LogP contribution in [0, 0.1) is 10.1 Å². The molecule has 0 fully saturated rings. The Morgan fingerprint density at radius 2 is 2.06 bits per heavy atom. The highest BCUT2D eigenvalue weighted by atomic mass is 16.6. The molecule has 0 saturated carbocycles. The molecular formula is C12H16N2O2. The van der Waals surface area contributed by atoms with Gasteiger partial charge in [0.15, 0.2) is 0 Å². The Kier molecular flexibility index (Phi) is 5.22. The van der Waals surface area contributed by atoms with Crippen molar-refractivity contribution in [2.75, 3.05) is 6.54 Å². The second-order valence-corrected chi connectivity index (χ2v) is 3.53. The molecule has 4 nitrogen and oxygen atoms in total. The second-order valence-electron chi connectivity index (χ2n) is 3.53. The van der Waals surface area contributed by atoms with E-state index < -0.39 is 0 Å². The minimum atomic E-state index is -0.388. The fraction of sp³-hybridized carbons (Fsp3) is 0.333. The molecule has 0 atom stereocenters. The largest absolute Gasteiger partial charge is 0.313 e. The molecule has 0 bridgehead atoms. The summed E-state index contributed by atoms with van der Waals surface area (Å²) in [6.45, 7) is 5.33. The van der Waals surface area contributed by atoms with E-state index >= 15 is 0 Å². The van der Waals surface area contributed by atoms with Crippen molar-refractivity contribution < 1.29 is 4.92 Å². The fourth-order valence-electron chi connectivity index (χ4n) is 1.34. The lowest BCUT2D eigenvalue weighted by Crippen LogP contribution is -2.14. The van der Waals surface area contributed by atoms with E-state index in [1.807, 2.05) is 6.08 Å². The van der Waals surface area contributed by atoms with Crippen LogP contribution >= 0.6 is 0 Å². The van der Waals surface area contributed by atoms with Crippen LogP contribution in [0.4, 0.5) is 5.69 Å². The molecule has 1 aromatic rings. The smallest absolute Gasteiger partial charge is 0.269 e. The van der Waals surface area contributed by atoms with Crippen molar-refractivity contribution in [3.05, 3.63) is 52.6 Å². The van der Waals surface area contributed by atoms with Gasteiger partial charge in [-0.1, -0.05) is 18.2 Å². The molecule has 0 aromatic heterocycles. The van der Waals surface area contributed by atoms with Crippen LogP contribution in [0.3, 0.4) is 0 Å². The maximum absolute atomic E-state index is 10.4. The van der Waals surface area contributed by atoms with Crippen molar-refractivity contribution in [1.82, 2.24) is 5.32 Å². The van der Waals surface area contributed by atoms with Gasteiger partial charge in [0.1, 0.15) is 0 Å².